The first-order valence-corrected chi connectivity index (χ1v) is 7.76. The van der Waals surface area contributed by atoms with Crippen LogP contribution in [0.5, 0.6) is 5.75 Å². The summed E-state index contributed by atoms with van der Waals surface area (Å²) in [6.45, 7) is 1.88. The zero-order valence-corrected chi connectivity index (χ0v) is 12.4. The average Bonchev–Trinajstić information content (AvgIpc) is 2.46. The molecule has 8 heteroatoms. The van der Waals surface area contributed by atoms with Gasteiger partial charge in [-0.25, -0.2) is 4.79 Å². The van der Waals surface area contributed by atoms with Crippen molar-refractivity contribution < 1.29 is 22.7 Å². The average molecular weight is 312 g/mol. The highest BCUT2D eigenvalue weighted by Crippen LogP contribution is 2.28. The van der Waals surface area contributed by atoms with Gasteiger partial charge in [-0.3, -0.25) is 4.72 Å². The lowest BCUT2D eigenvalue weighted by Crippen LogP contribution is -2.43. The van der Waals surface area contributed by atoms with E-state index in [-0.39, 0.29) is 12.2 Å². The Bertz CT molecular complexity index is 669. The molecule has 0 bridgehead atoms. The van der Waals surface area contributed by atoms with Crippen LogP contribution in [0.3, 0.4) is 0 Å². The summed E-state index contributed by atoms with van der Waals surface area (Å²) in [7, 11) is -2.20. The summed E-state index contributed by atoms with van der Waals surface area (Å²) in [5.74, 6) is -0.0198. The maximum absolute atomic E-state index is 12.0. The molecule has 0 aromatic heterocycles. The lowest BCUT2D eigenvalue weighted by molar-refractivity contribution is -0.138. The summed E-state index contributed by atoms with van der Waals surface area (Å²) in [6, 6.07) is 5.98. The number of benzene rings is 1. The molecule has 0 saturated carbocycles. The molecule has 2 N–H and O–H groups in total. The third-order valence-electron chi connectivity index (χ3n) is 2.89. The van der Waals surface area contributed by atoms with Crippen LogP contribution in [0.15, 0.2) is 36.0 Å². The first-order chi connectivity index (χ1) is 9.96. The molecule has 21 heavy (non-hydrogen) atoms. The summed E-state index contributed by atoms with van der Waals surface area (Å²) < 4.78 is 37.9. The van der Waals surface area contributed by atoms with E-state index in [1.54, 1.807) is 31.2 Å². The fourth-order valence-corrected chi connectivity index (χ4v) is 2.86. The summed E-state index contributed by atoms with van der Waals surface area (Å²) in [5.41, 5.74) is 0.763. The van der Waals surface area contributed by atoms with Crippen molar-refractivity contribution in [2.45, 2.75) is 13.0 Å². The van der Waals surface area contributed by atoms with Crippen LogP contribution in [0.25, 0.3) is 0 Å². The maximum Gasteiger partial charge on any atom is 0.337 e. The van der Waals surface area contributed by atoms with Crippen molar-refractivity contribution in [1.82, 2.24) is 9.44 Å². The van der Waals surface area contributed by atoms with Crippen molar-refractivity contribution in [2.24, 2.45) is 0 Å². The molecular formula is C13H16N2O5S. The van der Waals surface area contributed by atoms with Crippen LogP contribution in [0.2, 0.25) is 0 Å². The normalized spacial score (nSPS) is 20.1. The smallest absolute Gasteiger partial charge is 0.337 e. The van der Waals surface area contributed by atoms with Gasteiger partial charge in [0.15, 0.2) is 0 Å². The van der Waals surface area contributed by atoms with Gasteiger partial charge in [0.1, 0.15) is 5.75 Å². The van der Waals surface area contributed by atoms with Gasteiger partial charge in [0.25, 0.3) is 10.2 Å². The second-order valence-corrected chi connectivity index (χ2v) is 5.75. The van der Waals surface area contributed by atoms with Gasteiger partial charge in [0, 0.05) is 6.20 Å². The molecule has 0 saturated heterocycles. The third kappa shape index (κ3) is 3.53. The standard InChI is InChI=1S/C13H16N2O5S/c1-3-20-13(16)11-8-14-21(17,18)15-12(11)9-5-4-6-10(7-9)19-2/h4-8,12,14-15H,3H2,1-2H3. The highest BCUT2D eigenvalue weighted by molar-refractivity contribution is 7.87. The highest BCUT2D eigenvalue weighted by Gasteiger charge is 2.32. The van der Waals surface area contributed by atoms with Gasteiger partial charge in [-0.05, 0) is 24.6 Å². The number of carbonyl (C=O) groups is 1. The Kier molecular flexibility index (Phi) is 4.49. The molecule has 1 atom stereocenters. The molecule has 1 aliphatic rings. The van der Waals surface area contributed by atoms with Crippen LogP contribution < -0.4 is 14.2 Å². The van der Waals surface area contributed by atoms with Gasteiger partial charge in [-0.15, -0.1) is 0 Å². The molecule has 1 heterocycles. The Morgan fingerprint density at radius 2 is 2.14 bits per heavy atom. The van der Waals surface area contributed by atoms with Gasteiger partial charge in [-0.1, -0.05) is 12.1 Å². The first-order valence-electron chi connectivity index (χ1n) is 6.27. The summed E-state index contributed by atoms with van der Waals surface area (Å²) >= 11 is 0. The predicted molar refractivity (Wildman–Crippen MR) is 75.6 cm³/mol. The number of carbonyl (C=O) groups excluding carboxylic acids is 1. The van der Waals surface area contributed by atoms with E-state index in [0.717, 1.165) is 6.20 Å². The highest BCUT2D eigenvalue weighted by atomic mass is 32.2. The number of nitrogens with one attached hydrogen (secondary N) is 2. The number of ether oxygens (including phenoxy) is 2. The Labute approximate surface area is 123 Å². The SMILES string of the molecule is CCOC(=O)C1=CNS(=O)(=O)NC1c1cccc(OC)c1. The Hall–Kier alpha value is -2.06. The van der Waals surface area contributed by atoms with Crippen LogP contribution in [-0.2, 0) is 19.7 Å². The number of esters is 1. The Balaban J connectivity index is 2.42. The molecule has 1 aliphatic heterocycles. The van der Waals surface area contributed by atoms with Gasteiger partial charge in [0.05, 0.1) is 25.3 Å². The van der Waals surface area contributed by atoms with E-state index in [4.69, 9.17) is 9.47 Å². The Morgan fingerprint density at radius 1 is 1.38 bits per heavy atom. The van der Waals surface area contributed by atoms with Crippen molar-refractivity contribution in [3.05, 3.63) is 41.6 Å². The second-order valence-electron chi connectivity index (χ2n) is 4.27. The topological polar surface area (TPSA) is 93.7 Å². The second kappa shape index (κ2) is 6.15. The van der Waals surface area contributed by atoms with E-state index in [2.05, 4.69) is 9.44 Å². The van der Waals surface area contributed by atoms with Crippen molar-refractivity contribution in [2.75, 3.05) is 13.7 Å². The molecular weight excluding hydrogens is 296 g/mol. The lowest BCUT2D eigenvalue weighted by Gasteiger charge is -2.25. The number of methoxy groups -OCH3 is 1. The number of hydrogen-bond donors (Lipinski definition) is 2. The van der Waals surface area contributed by atoms with Crippen molar-refractivity contribution in [3.63, 3.8) is 0 Å². The van der Waals surface area contributed by atoms with E-state index < -0.39 is 22.2 Å². The number of hydrogen-bond acceptors (Lipinski definition) is 5. The van der Waals surface area contributed by atoms with Gasteiger partial charge >= 0.3 is 5.97 Å². The minimum atomic E-state index is -3.71. The van der Waals surface area contributed by atoms with E-state index in [9.17, 15) is 13.2 Å². The number of rotatable bonds is 4. The van der Waals surface area contributed by atoms with Crippen LogP contribution in [0.4, 0.5) is 0 Å². The molecule has 114 valence electrons. The molecule has 0 aliphatic carbocycles. The van der Waals surface area contributed by atoms with E-state index in [1.807, 2.05) is 0 Å². The first kappa shape index (κ1) is 15.3. The van der Waals surface area contributed by atoms with Crippen molar-refractivity contribution in [1.29, 1.82) is 0 Å². The van der Waals surface area contributed by atoms with Crippen LogP contribution >= 0.6 is 0 Å². The molecule has 1 unspecified atom stereocenters. The van der Waals surface area contributed by atoms with Gasteiger partial charge < -0.3 is 9.47 Å². The minimum Gasteiger partial charge on any atom is -0.497 e. The van der Waals surface area contributed by atoms with Crippen molar-refractivity contribution >= 4 is 16.2 Å². The molecule has 1 aromatic carbocycles. The third-order valence-corrected chi connectivity index (χ3v) is 3.87. The fraction of sp³-hybridized carbons (Fsp3) is 0.308. The minimum absolute atomic E-state index is 0.180. The van der Waals surface area contributed by atoms with Crippen LogP contribution in [0, 0.1) is 0 Å². The fourth-order valence-electron chi connectivity index (χ4n) is 1.94. The summed E-state index contributed by atoms with van der Waals surface area (Å²) in [5, 5.41) is 0. The summed E-state index contributed by atoms with van der Waals surface area (Å²) in [6.07, 6.45) is 1.15. The van der Waals surface area contributed by atoms with E-state index in [1.165, 1.54) is 7.11 Å². The van der Waals surface area contributed by atoms with E-state index >= 15 is 0 Å². The van der Waals surface area contributed by atoms with Crippen molar-refractivity contribution in [3.8, 4) is 5.75 Å². The van der Waals surface area contributed by atoms with Gasteiger partial charge in [0.2, 0.25) is 0 Å². The zero-order valence-electron chi connectivity index (χ0n) is 11.6. The molecule has 1 aromatic rings. The quantitative estimate of drug-likeness (QED) is 0.795. The predicted octanol–water partition coefficient (Wildman–Crippen LogP) is 0.621. The molecule has 0 fully saturated rings. The zero-order chi connectivity index (χ0) is 15.5. The Morgan fingerprint density at radius 3 is 2.81 bits per heavy atom. The van der Waals surface area contributed by atoms with E-state index in [0.29, 0.717) is 11.3 Å². The van der Waals surface area contributed by atoms with Crippen LogP contribution in [-0.4, -0.2) is 28.1 Å². The molecule has 0 spiro atoms. The van der Waals surface area contributed by atoms with Gasteiger partial charge in [-0.2, -0.15) is 13.1 Å². The molecule has 0 amide bonds. The monoisotopic (exact) mass is 312 g/mol. The molecule has 7 nitrogen and oxygen atoms in total. The molecule has 2 rings (SSSR count). The molecule has 0 radical (unpaired) electrons. The largest absolute Gasteiger partial charge is 0.497 e. The summed E-state index contributed by atoms with van der Waals surface area (Å²) in [4.78, 5) is 12.0. The lowest BCUT2D eigenvalue weighted by atomic mass is 10.00. The van der Waals surface area contributed by atoms with Crippen LogP contribution in [0.1, 0.15) is 18.5 Å². The maximum atomic E-state index is 12.0.